The van der Waals surface area contributed by atoms with E-state index in [0.717, 1.165) is 67.2 Å². The summed E-state index contributed by atoms with van der Waals surface area (Å²) in [6.07, 6.45) is 3.39. The molecular formula is C20H32BrIN4O2. The van der Waals surface area contributed by atoms with Gasteiger partial charge in [-0.3, -0.25) is 4.79 Å². The van der Waals surface area contributed by atoms with Crippen LogP contribution in [0.3, 0.4) is 0 Å². The van der Waals surface area contributed by atoms with E-state index in [4.69, 9.17) is 4.74 Å². The topological polar surface area (TPSA) is 66.0 Å². The Hall–Kier alpha value is -0.870. The fourth-order valence-electron chi connectivity index (χ4n) is 3.05. The number of hydrogen-bond acceptors (Lipinski definition) is 3. The number of benzene rings is 1. The third kappa shape index (κ3) is 8.65. The zero-order valence-electron chi connectivity index (χ0n) is 17.0. The van der Waals surface area contributed by atoms with Crippen molar-refractivity contribution >= 4 is 57.5 Å². The van der Waals surface area contributed by atoms with Crippen molar-refractivity contribution in [2.45, 2.75) is 33.1 Å². The van der Waals surface area contributed by atoms with Crippen molar-refractivity contribution in [3.05, 3.63) is 28.2 Å². The number of rotatable bonds is 7. The maximum absolute atomic E-state index is 12.3. The van der Waals surface area contributed by atoms with Gasteiger partial charge >= 0.3 is 0 Å². The minimum Gasteiger partial charge on any atom is -0.381 e. The minimum absolute atomic E-state index is 0. The van der Waals surface area contributed by atoms with E-state index in [1.54, 1.807) is 0 Å². The van der Waals surface area contributed by atoms with Gasteiger partial charge in [0, 0.05) is 43.5 Å². The number of hydrogen-bond donors (Lipinski definition) is 2. The van der Waals surface area contributed by atoms with E-state index in [0.29, 0.717) is 5.92 Å². The summed E-state index contributed by atoms with van der Waals surface area (Å²) in [5.74, 6) is 1.36. The van der Waals surface area contributed by atoms with Gasteiger partial charge in [-0.05, 0) is 56.7 Å². The van der Waals surface area contributed by atoms with Crippen molar-refractivity contribution in [2.75, 3.05) is 45.2 Å². The molecule has 0 aromatic heterocycles. The quantitative estimate of drug-likeness (QED) is 0.297. The van der Waals surface area contributed by atoms with Crippen molar-refractivity contribution in [3.63, 3.8) is 0 Å². The molecule has 0 aliphatic carbocycles. The number of anilines is 1. The van der Waals surface area contributed by atoms with E-state index in [1.165, 1.54) is 0 Å². The summed E-state index contributed by atoms with van der Waals surface area (Å²) < 4.78 is 6.36. The molecule has 1 fully saturated rings. The van der Waals surface area contributed by atoms with Crippen LogP contribution in [0.4, 0.5) is 5.69 Å². The second kappa shape index (κ2) is 13.4. The van der Waals surface area contributed by atoms with Crippen LogP contribution in [0.15, 0.2) is 27.7 Å². The van der Waals surface area contributed by atoms with Gasteiger partial charge in [0.25, 0.3) is 0 Å². The highest BCUT2D eigenvalue weighted by Crippen LogP contribution is 2.20. The van der Waals surface area contributed by atoms with Gasteiger partial charge in [-0.1, -0.05) is 22.0 Å². The number of nitrogens with one attached hydrogen (secondary N) is 2. The fraction of sp³-hybridized carbons (Fsp3) is 0.600. The molecular weight excluding hydrogens is 535 g/mol. The predicted molar refractivity (Wildman–Crippen MR) is 130 cm³/mol. The maximum Gasteiger partial charge on any atom is 0.246 e. The van der Waals surface area contributed by atoms with E-state index in [9.17, 15) is 4.79 Å². The zero-order chi connectivity index (χ0) is 19.6. The van der Waals surface area contributed by atoms with Gasteiger partial charge < -0.3 is 20.3 Å². The molecule has 1 aromatic rings. The Labute approximate surface area is 194 Å². The van der Waals surface area contributed by atoms with Crippen molar-refractivity contribution < 1.29 is 9.53 Å². The van der Waals surface area contributed by atoms with E-state index in [-0.39, 0.29) is 36.4 Å². The molecule has 0 bridgehead atoms. The largest absolute Gasteiger partial charge is 0.381 e. The third-order valence-corrected chi connectivity index (χ3v) is 5.25. The van der Waals surface area contributed by atoms with Crippen LogP contribution in [-0.2, 0) is 9.53 Å². The number of guanidine groups is 1. The highest BCUT2D eigenvalue weighted by atomic mass is 127. The Balaban J connectivity index is 0.00000392. The molecule has 8 heteroatoms. The molecule has 0 radical (unpaired) electrons. The van der Waals surface area contributed by atoms with Crippen LogP contribution in [0.2, 0.25) is 0 Å². The number of ether oxygens (including phenoxy) is 1. The van der Waals surface area contributed by atoms with Crippen LogP contribution >= 0.6 is 39.9 Å². The van der Waals surface area contributed by atoms with Gasteiger partial charge in [-0.15, -0.1) is 24.0 Å². The molecule has 1 heterocycles. The Kier molecular flexibility index (Phi) is 12.0. The molecule has 0 unspecified atom stereocenters. The molecule has 1 saturated heterocycles. The van der Waals surface area contributed by atoms with Gasteiger partial charge in [-0.25, -0.2) is 4.99 Å². The molecule has 1 aromatic carbocycles. The normalized spacial score (nSPS) is 14.9. The first-order chi connectivity index (χ1) is 13.0. The molecule has 2 rings (SSSR count). The Morgan fingerprint density at radius 3 is 2.75 bits per heavy atom. The molecule has 0 saturated carbocycles. The van der Waals surface area contributed by atoms with E-state index in [2.05, 4.69) is 36.5 Å². The number of amides is 1. The standard InChI is InChI=1S/C20H31BrN4O2.HI/c1-4-22-20(25(3)10-7-16-8-11-27-12-9-16)23-14-19(26)24-18-13-17(21)6-5-15(18)2;/h5-6,13,16H,4,7-12,14H2,1-3H3,(H,22,23)(H,24,26);1H. The average Bonchev–Trinajstić information content (AvgIpc) is 2.67. The van der Waals surface area contributed by atoms with Crippen molar-refractivity contribution in [3.8, 4) is 0 Å². The molecule has 28 heavy (non-hydrogen) atoms. The van der Waals surface area contributed by atoms with Gasteiger partial charge in [0.15, 0.2) is 5.96 Å². The molecule has 6 nitrogen and oxygen atoms in total. The zero-order valence-corrected chi connectivity index (χ0v) is 20.9. The summed E-state index contributed by atoms with van der Waals surface area (Å²) in [6.45, 7) is 7.53. The first kappa shape index (κ1) is 25.2. The summed E-state index contributed by atoms with van der Waals surface area (Å²) in [6, 6.07) is 5.83. The SMILES string of the molecule is CCNC(=NCC(=O)Nc1cc(Br)ccc1C)N(C)CCC1CCOCC1.I. The Morgan fingerprint density at radius 1 is 1.36 bits per heavy atom. The summed E-state index contributed by atoms with van der Waals surface area (Å²) in [7, 11) is 2.02. The highest BCUT2D eigenvalue weighted by molar-refractivity contribution is 14.0. The van der Waals surface area contributed by atoms with Gasteiger partial charge in [0.1, 0.15) is 6.54 Å². The lowest BCUT2D eigenvalue weighted by Crippen LogP contribution is -2.40. The highest BCUT2D eigenvalue weighted by Gasteiger charge is 2.15. The fourth-order valence-corrected chi connectivity index (χ4v) is 3.41. The van der Waals surface area contributed by atoms with Crippen LogP contribution in [-0.4, -0.2) is 56.7 Å². The van der Waals surface area contributed by atoms with Crippen LogP contribution in [0.1, 0.15) is 31.7 Å². The third-order valence-electron chi connectivity index (χ3n) is 4.76. The molecule has 0 atom stereocenters. The average molecular weight is 567 g/mol. The molecule has 158 valence electrons. The predicted octanol–water partition coefficient (Wildman–Crippen LogP) is 4.03. The molecule has 0 spiro atoms. The lowest BCUT2D eigenvalue weighted by Gasteiger charge is -2.26. The first-order valence-corrected chi connectivity index (χ1v) is 10.4. The van der Waals surface area contributed by atoms with Crippen LogP contribution in [0.5, 0.6) is 0 Å². The van der Waals surface area contributed by atoms with Gasteiger partial charge in [-0.2, -0.15) is 0 Å². The maximum atomic E-state index is 12.3. The van der Waals surface area contributed by atoms with Crippen LogP contribution in [0, 0.1) is 12.8 Å². The lowest BCUT2D eigenvalue weighted by atomic mass is 9.96. The van der Waals surface area contributed by atoms with Gasteiger partial charge in [0.05, 0.1) is 0 Å². The summed E-state index contributed by atoms with van der Waals surface area (Å²) in [4.78, 5) is 18.9. The Bertz CT molecular complexity index is 651. The van der Waals surface area contributed by atoms with E-state index in [1.807, 2.05) is 39.1 Å². The van der Waals surface area contributed by atoms with Crippen molar-refractivity contribution in [2.24, 2.45) is 10.9 Å². The number of nitrogens with zero attached hydrogens (tertiary/aromatic N) is 2. The number of aliphatic imine (C=N–C) groups is 1. The van der Waals surface area contributed by atoms with Crippen molar-refractivity contribution in [1.82, 2.24) is 10.2 Å². The van der Waals surface area contributed by atoms with Gasteiger partial charge in [0.2, 0.25) is 5.91 Å². The summed E-state index contributed by atoms with van der Waals surface area (Å²) >= 11 is 3.43. The summed E-state index contributed by atoms with van der Waals surface area (Å²) in [5.41, 5.74) is 1.83. The molecule has 1 amide bonds. The number of aryl methyl sites for hydroxylation is 1. The summed E-state index contributed by atoms with van der Waals surface area (Å²) in [5, 5.41) is 6.21. The second-order valence-corrected chi connectivity index (χ2v) is 7.86. The first-order valence-electron chi connectivity index (χ1n) is 9.62. The number of carbonyl (C=O) groups is 1. The van der Waals surface area contributed by atoms with E-state index < -0.39 is 0 Å². The lowest BCUT2D eigenvalue weighted by molar-refractivity contribution is -0.114. The van der Waals surface area contributed by atoms with Crippen LogP contribution in [0.25, 0.3) is 0 Å². The van der Waals surface area contributed by atoms with Crippen molar-refractivity contribution in [1.29, 1.82) is 0 Å². The number of halogens is 2. The molecule has 1 aliphatic heterocycles. The Morgan fingerprint density at radius 2 is 2.07 bits per heavy atom. The van der Waals surface area contributed by atoms with Crippen LogP contribution < -0.4 is 10.6 Å². The minimum atomic E-state index is -0.121. The molecule has 1 aliphatic rings. The molecule has 2 N–H and O–H groups in total. The smallest absolute Gasteiger partial charge is 0.246 e. The number of carbonyl (C=O) groups excluding carboxylic acids is 1. The monoisotopic (exact) mass is 566 g/mol. The second-order valence-electron chi connectivity index (χ2n) is 6.94. The van der Waals surface area contributed by atoms with E-state index >= 15 is 0 Å².